The molecule has 1 atom stereocenters. The van der Waals surface area contributed by atoms with E-state index in [-0.39, 0.29) is 29.4 Å². The summed E-state index contributed by atoms with van der Waals surface area (Å²) in [5.74, 6) is -0.898. The number of ether oxygens (including phenoxy) is 2. The number of amides is 1. The molecule has 0 aromatic heterocycles. The van der Waals surface area contributed by atoms with Gasteiger partial charge in [-0.15, -0.1) is 0 Å². The van der Waals surface area contributed by atoms with Gasteiger partial charge in [-0.25, -0.2) is 0 Å². The van der Waals surface area contributed by atoms with E-state index in [1.54, 1.807) is 36.4 Å². The quantitative estimate of drug-likeness (QED) is 0.341. The number of aromatic hydroxyl groups is 1. The van der Waals surface area contributed by atoms with Gasteiger partial charge in [-0.2, -0.15) is 0 Å². The predicted molar refractivity (Wildman–Crippen MR) is 124 cm³/mol. The van der Waals surface area contributed by atoms with Gasteiger partial charge in [0.15, 0.2) is 11.5 Å². The van der Waals surface area contributed by atoms with Crippen LogP contribution in [0.15, 0.2) is 48.0 Å². The van der Waals surface area contributed by atoms with Crippen molar-refractivity contribution in [2.45, 2.75) is 19.4 Å². The largest absolute Gasteiger partial charge is 0.507 e. The lowest BCUT2D eigenvalue weighted by Crippen LogP contribution is -2.35. The molecular weight excluding hydrogens is 424 g/mol. The molecule has 1 saturated heterocycles. The molecular formula is C25H30N2O6. The highest BCUT2D eigenvalue weighted by Gasteiger charge is 2.46. The van der Waals surface area contributed by atoms with Crippen LogP contribution in [0, 0.1) is 0 Å². The molecule has 2 N–H and O–H groups in total. The number of carbonyl (C=O) groups is 2. The number of likely N-dealkylation sites (N-methyl/N-ethyl adjacent to an activating group) is 1. The van der Waals surface area contributed by atoms with Gasteiger partial charge >= 0.3 is 0 Å². The van der Waals surface area contributed by atoms with Crippen molar-refractivity contribution in [3.63, 3.8) is 0 Å². The maximum Gasteiger partial charge on any atom is 0.295 e. The fraction of sp³-hybridized carbons (Fsp3) is 0.360. The molecule has 1 amide bonds. The summed E-state index contributed by atoms with van der Waals surface area (Å²) in [6.45, 7) is 3.40. The second-order valence-corrected chi connectivity index (χ2v) is 8.10. The van der Waals surface area contributed by atoms with Gasteiger partial charge in [0, 0.05) is 18.7 Å². The van der Waals surface area contributed by atoms with Crippen LogP contribution in [-0.2, 0) is 9.59 Å². The molecule has 8 heteroatoms. The highest BCUT2D eigenvalue weighted by atomic mass is 16.5. The smallest absolute Gasteiger partial charge is 0.295 e. The average Bonchev–Trinajstić information content (AvgIpc) is 3.06. The first-order chi connectivity index (χ1) is 15.8. The molecule has 3 rings (SSSR count). The zero-order valence-corrected chi connectivity index (χ0v) is 19.4. The molecule has 0 bridgehead atoms. The summed E-state index contributed by atoms with van der Waals surface area (Å²) in [5, 5.41) is 21.1. The van der Waals surface area contributed by atoms with Gasteiger partial charge in [0.05, 0.1) is 25.3 Å². The summed E-state index contributed by atoms with van der Waals surface area (Å²) in [4.78, 5) is 29.4. The first kappa shape index (κ1) is 24.1. The first-order valence-corrected chi connectivity index (χ1v) is 10.8. The lowest BCUT2D eigenvalue weighted by atomic mass is 9.95. The second kappa shape index (κ2) is 10.4. The minimum absolute atomic E-state index is 0.00581. The Kier molecular flexibility index (Phi) is 7.60. The van der Waals surface area contributed by atoms with Crippen molar-refractivity contribution in [2.24, 2.45) is 0 Å². The first-order valence-electron chi connectivity index (χ1n) is 10.8. The lowest BCUT2D eigenvalue weighted by Gasteiger charge is -2.27. The van der Waals surface area contributed by atoms with Crippen molar-refractivity contribution < 1.29 is 29.3 Å². The topological polar surface area (TPSA) is 99.5 Å². The van der Waals surface area contributed by atoms with E-state index in [0.29, 0.717) is 30.0 Å². The van der Waals surface area contributed by atoms with Crippen molar-refractivity contribution in [1.82, 2.24) is 9.80 Å². The van der Waals surface area contributed by atoms with Crippen LogP contribution >= 0.6 is 0 Å². The van der Waals surface area contributed by atoms with E-state index in [2.05, 4.69) is 0 Å². The third-order valence-corrected chi connectivity index (χ3v) is 5.45. The number of hydrogen-bond acceptors (Lipinski definition) is 7. The summed E-state index contributed by atoms with van der Waals surface area (Å²) in [7, 11) is 5.17. The van der Waals surface area contributed by atoms with E-state index in [0.717, 1.165) is 6.42 Å². The molecule has 1 fully saturated rings. The number of likely N-dealkylation sites (tertiary alicyclic amines) is 1. The summed E-state index contributed by atoms with van der Waals surface area (Å²) >= 11 is 0. The van der Waals surface area contributed by atoms with Crippen molar-refractivity contribution in [3.8, 4) is 17.2 Å². The van der Waals surface area contributed by atoms with Crippen LogP contribution in [0.3, 0.4) is 0 Å². The number of aliphatic hydroxyl groups is 1. The number of benzene rings is 2. The van der Waals surface area contributed by atoms with E-state index in [9.17, 15) is 19.8 Å². The zero-order chi connectivity index (χ0) is 24.1. The van der Waals surface area contributed by atoms with Crippen LogP contribution in [-0.4, -0.2) is 72.6 Å². The molecule has 1 aliphatic rings. The van der Waals surface area contributed by atoms with Gasteiger partial charge < -0.3 is 29.5 Å². The SMILES string of the molecule is CCCOc1ccc(C(O)=C2C(=O)C(=O)N(CCN(C)C)C2c2ccc(O)c(OC)c2)cc1. The summed E-state index contributed by atoms with van der Waals surface area (Å²) in [6.07, 6.45) is 0.869. The van der Waals surface area contributed by atoms with Gasteiger partial charge in [0.1, 0.15) is 11.5 Å². The molecule has 1 heterocycles. The summed E-state index contributed by atoms with van der Waals surface area (Å²) in [6, 6.07) is 10.5. The number of Topliss-reactive ketones (excluding diaryl/α,β-unsaturated/α-hetero) is 1. The Morgan fingerprint density at radius 1 is 1.12 bits per heavy atom. The minimum Gasteiger partial charge on any atom is -0.507 e. The number of phenolic OH excluding ortho intramolecular Hbond substituents is 1. The van der Waals surface area contributed by atoms with Crippen molar-refractivity contribution in [1.29, 1.82) is 0 Å². The molecule has 2 aromatic carbocycles. The molecule has 0 spiro atoms. The Bertz CT molecular complexity index is 1050. The normalized spacial score (nSPS) is 17.6. The third kappa shape index (κ3) is 5.12. The van der Waals surface area contributed by atoms with Crippen LogP contribution in [0.25, 0.3) is 5.76 Å². The van der Waals surface area contributed by atoms with Crippen LogP contribution in [0.5, 0.6) is 17.2 Å². The molecule has 0 saturated carbocycles. The molecule has 1 unspecified atom stereocenters. The maximum atomic E-state index is 13.1. The standard InChI is InChI=1S/C25H30N2O6/c1-5-14-33-18-9-6-16(7-10-18)23(29)21-22(17-8-11-19(28)20(15-17)32-4)27(13-12-26(2)3)25(31)24(21)30/h6-11,15,22,28-29H,5,12-14H2,1-4H3. The van der Waals surface area contributed by atoms with Crippen LogP contribution in [0.1, 0.15) is 30.5 Å². The lowest BCUT2D eigenvalue weighted by molar-refractivity contribution is -0.140. The molecule has 176 valence electrons. The van der Waals surface area contributed by atoms with E-state index in [1.165, 1.54) is 18.1 Å². The third-order valence-electron chi connectivity index (χ3n) is 5.45. The molecule has 2 aromatic rings. The number of methoxy groups -OCH3 is 1. The number of rotatable bonds is 9. The zero-order valence-electron chi connectivity index (χ0n) is 19.4. The predicted octanol–water partition coefficient (Wildman–Crippen LogP) is 3.17. The second-order valence-electron chi connectivity index (χ2n) is 8.10. The Morgan fingerprint density at radius 2 is 1.82 bits per heavy atom. The number of phenols is 1. The van der Waals surface area contributed by atoms with Gasteiger partial charge in [0.2, 0.25) is 0 Å². The van der Waals surface area contributed by atoms with Gasteiger partial charge in [-0.05, 0) is 62.5 Å². The highest BCUT2D eigenvalue weighted by Crippen LogP contribution is 2.41. The Hall–Kier alpha value is -3.52. The van der Waals surface area contributed by atoms with Gasteiger partial charge in [-0.1, -0.05) is 13.0 Å². The Balaban J connectivity index is 2.09. The minimum atomic E-state index is -0.824. The van der Waals surface area contributed by atoms with Crippen LogP contribution < -0.4 is 9.47 Å². The summed E-state index contributed by atoms with van der Waals surface area (Å²) in [5.41, 5.74) is 0.945. The highest BCUT2D eigenvalue weighted by molar-refractivity contribution is 6.46. The van der Waals surface area contributed by atoms with Crippen molar-refractivity contribution in [3.05, 3.63) is 59.2 Å². The van der Waals surface area contributed by atoms with E-state index < -0.39 is 17.7 Å². The van der Waals surface area contributed by atoms with E-state index in [4.69, 9.17) is 9.47 Å². The number of hydrogen-bond donors (Lipinski definition) is 2. The maximum absolute atomic E-state index is 13.1. The molecule has 1 aliphatic heterocycles. The number of aliphatic hydroxyl groups excluding tert-OH is 1. The monoisotopic (exact) mass is 454 g/mol. The molecule has 8 nitrogen and oxygen atoms in total. The van der Waals surface area contributed by atoms with Crippen LogP contribution in [0.2, 0.25) is 0 Å². The number of carbonyl (C=O) groups excluding carboxylic acids is 2. The number of ketones is 1. The fourth-order valence-electron chi connectivity index (χ4n) is 3.71. The molecule has 0 radical (unpaired) electrons. The van der Waals surface area contributed by atoms with Crippen molar-refractivity contribution in [2.75, 3.05) is 40.9 Å². The van der Waals surface area contributed by atoms with Crippen LogP contribution in [0.4, 0.5) is 0 Å². The van der Waals surface area contributed by atoms with Crippen molar-refractivity contribution >= 4 is 17.4 Å². The van der Waals surface area contributed by atoms with Gasteiger partial charge in [-0.3, -0.25) is 9.59 Å². The molecule has 0 aliphatic carbocycles. The average molecular weight is 455 g/mol. The fourth-order valence-corrected chi connectivity index (χ4v) is 3.71. The van der Waals surface area contributed by atoms with E-state index >= 15 is 0 Å². The van der Waals surface area contributed by atoms with E-state index in [1.807, 2.05) is 25.9 Å². The number of nitrogens with zero attached hydrogens (tertiary/aromatic N) is 2. The Labute approximate surface area is 193 Å². The summed E-state index contributed by atoms with van der Waals surface area (Å²) < 4.78 is 10.8. The van der Waals surface area contributed by atoms with Gasteiger partial charge in [0.25, 0.3) is 11.7 Å². The Morgan fingerprint density at radius 3 is 2.42 bits per heavy atom. The molecule has 33 heavy (non-hydrogen) atoms.